The molecule has 2 rings (SSSR count). The van der Waals surface area contributed by atoms with Gasteiger partial charge >= 0.3 is 0 Å². The maximum atomic E-state index is 11.6. The Labute approximate surface area is 120 Å². The lowest BCUT2D eigenvalue weighted by Gasteiger charge is -2.08. The van der Waals surface area contributed by atoms with Crippen LogP contribution in [0.3, 0.4) is 0 Å². The van der Waals surface area contributed by atoms with E-state index in [2.05, 4.69) is 15.8 Å². The molecule has 1 aromatic heterocycles. The molecule has 2 N–H and O–H groups in total. The van der Waals surface area contributed by atoms with Crippen molar-refractivity contribution in [3.8, 4) is 0 Å². The number of carbonyl (C=O) groups is 1. The Hall–Kier alpha value is -1.66. The van der Waals surface area contributed by atoms with Crippen LogP contribution < -0.4 is 10.9 Å². The molecule has 0 fully saturated rings. The Morgan fingerprint density at radius 3 is 3.05 bits per heavy atom. The number of hydrazine groups is 1. The number of thioether (sulfide) groups is 1. The summed E-state index contributed by atoms with van der Waals surface area (Å²) in [5.41, 5.74) is 6.15. The summed E-state index contributed by atoms with van der Waals surface area (Å²) in [6.07, 6.45) is 3.54. The Kier molecular flexibility index (Phi) is 4.70. The third kappa shape index (κ3) is 4.18. The molecule has 19 heavy (non-hydrogen) atoms. The number of anilines is 1. The van der Waals surface area contributed by atoms with Crippen molar-refractivity contribution in [1.82, 2.24) is 15.0 Å². The number of hydrogen-bond donors (Lipinski definition) is 2. The van der Waals surface area contributed by atoms with Crippen LogP contribution in [-0.4, -0.2) is 21.2 Å². The summed E-state index contributed by atoms with van der Waals surface area (Å²) in [6.45, 7) is 0. The standard InChI is InChI=1S/C12H13ClN4OS/c1-17-6-5-14-12(17)19-8-11(18)16-15-10-4-2-3-9(13)7-10/h2-7,15H,8H2,1H3,(H,16,18). The Morgan fingerprint density at radius 2 is 2.37 bits per heavy atom. The van der Waals surface area contributed by atoms with Crippen molar-refractivity contribution in [3.63, 3.8) is 0 Å². The second-order valence-electron chi connectivity index (χ2n) is 3.79. The molecule has 0 bridgehead atoms. The molecule has 0 aliphatic carbocycles. The third-order valence-corrected chi connectivity index (χ3v) is 3.57. The zero-order valence-electron chi connectivity index (χ0n) is 10.3. The molecular weight excluding hydrogens is 284 g/mol. The highest BCUT2D eigenvalue weighted by molar-refractivity contribution is 7.99. The molecule has 0 saturated heterocycles. The Bertz CT molecular complexity index is 572. The van der Waals surface area contributed by atoms with E-state index in [0.29, 0.717) is 10.8 Å². The topological polar surface area (TPSA) is 59.0 Å². The lowest BCUT2D eigenvalue weighted by atomic mass is 10.3. The molecule has 5 nitrogen and oxygen atoms in total. The monoisotopic (exact) mass is 296 g/mol. The van der Waals surface area contributed by atoms with Gasteiger partial charge in [-0.15, -0.1) is 0 Å². The molecule has 0 saturated carbocycles. The number of hydrogen-bond acceptors (Lipinski definition) is 4. The van der Waals surface area contributed by atoms with Crippen LogP contribution >= 0.6 is 23.4 Å². The first-order valence-corrected chi connectivity index (χ1v) is 6.92. The minimum Gasteiger partial charge on any atom is -0.329 e. The summed E-state index contributed by atoms with van der Waals surface area (Å²) in [5.74, 6) is 0.159. The first-order chi connectivity index (χ1) is 9.15. The van der Waals surface area contributed by atoms with Gasteiger partial charge in [0.05, 0.1) is 11.4 Å². The van der Waals surface area contributed by atoms with Crippen LogP contribution in [0.25, 0.3) is 0 Å². The van der Waals surface area contributed by atoms with Crippen LogP contribution in [-0.2, 0) is 11.8 Å². The van der Waals surface area contributed by atoms with Crippen molar-refractivity contribution in [2.75, 3.05) is 11.2 Å². The highest BCUT2D eigenvalue weighted by Crippen LogP contribution is 2.15. The second-order valence-corrected chi connectivity index (χ2v) is 5.17. The number of aromatic nitrogens is 2. The molecular formula is C12H13ClN4OS. The SMILES string of the molecule is Cn1ccnc1SCC(=O)NNc1cccc(Cl)c1. The minimum absolute atomic E-state index is 0.132. The summed E-state index contributed by atoms with van der Waals surface area (Å²) in [5, 5.41) is 1.42. The average Bonchev–Trinajstić information content (AvgIpc) is 2.80. The summed E-state index contributed by atoms with van der Waals surface area (Å²) < 4.78 is 1.86. The number of halogens is 1. The average molecular weight is 297 g/mol. The predicted octanol–water partition coefficient (Wildman–Crippen LogP) is 2.31. The van der Waals surface area contributed by atoms with Crippen LogP contribution in [0, 0.1) is 0 Å². The Morgan fingerprint density at radius 1 is 1.53 bits per heavy atom. The quantitative estimate of drug-likeness (QED) is 0.657. The third-order valence-electron chi connectivity index (χ3n) is 2.28. The van der Waals surface area contributed by atoms with Gasteiger partial charge in [-0.3, -0.25) is 15.6 Å². The summed E-state index contributed by atoms with van der Waals surface area (Å²) >= 11 is 7.21. The van der Waals surface area contributed by atoms with Crippen molar-refractivity contribution < 1.29 is 4.79 Å². The van der Waals surface area contributed by atoms with E-state index >= 15 is 0 Å². The molecule has 1 amide bonds. The smallest absolute Gasteiger partial charge is 0.248 e. The van der Waals surface area contributed by atoms with Gasteiger partial charge < -0.3 is 4.57 Å². The van der Waals surface area contributed by atoms with Crippen LogP contribution in [0.4, 0.5) is 5.69 Å². The van der Waals surface area contributed by atoms with Crippen LogP contribution in [0.15, 0.2) is 41.8 Å². The minimum atomic E-state index is -0.132. The number of imidazole rings is 1. The van der Waals surface area contributed by atoms with Gasteiger partial charge in [0, 0.05) is 24.5 Å². The fourth-order valence-corrected chi connectivity index (χ4v) is 2.29. The number of nitrogens with one attached hydrogen (secondary N) is 2. The van der Waals surface area contributed by atoms with Gasteiger partial charge in [0.2, 0.25) is 5.91 Å². The van der Waals surface area contributed by atoms with Gasteiger partial charge in [0.25, 0.3) is 0 Å². The number of rotatable bonds is 5. The van der Waals surface area contributed by atoms with Gasteiger partial charge in [-0.25, -0.2) is 4.98 Å². The summed E-state index contributed by atoms with van der Waals surface area (Å²) in [6, 6.07) is 7.12. The maximum Gasteiger partial charge on any atom is 0.248 e. The van der Waals surface area contributed by atoms with Crippen molar-refractivity contribution in [2.45, 2.75) is 5.16 Å². The first-order valence-electron chi connectivity index (χ1n) is 5.55. The number of amides is 1. The van der Waals surface area contributed by atoms with E-state index in [1.54, 1.807) is 24.4 Å². The molecule has 1 aromatic carbocycles. The van der Waals surface area contributed by atoms with Crippen molar-refractivity contribution in [2.24, 2.45) is 7.05 Å². The zero-order valence-corrected chi connectivity index (χ0v) is 11.8. The number of carbonyl (C=O) groups excluding carboxylic acids is 1. The van der Waals surface area contributed by atoms with Crippen molar-refractivity contribution in [1.29, 1.82) is 0 Å². The molecule has 0 aliphatic heterocycles. The van der Waals surface area contributed by atoms with Gasteiger partial charge in [-0.1, -0.05) is 29.4 Å². The van der Waals surface area contributed by atoms with E-state index < -0.39 is 0 Å². The molecule has 0 atom stereocenters. The van der Waals surface area contributed by atoms with E-state index in [0.717, 1.165) is 10.8 Å². The van der Waals surface area contributed by atoms with Crippen molar-refractivity contribution in [3.05, 3.63) is 41.7 Å². The van der Waals surface area contributed by atoms with Gasteiger partial charge in [0.1, 0.15) is 0 Å². The highest BCUT2D eigenvalue weighted by atomic mass is 35.5. The molecule has 0 aliphatic rings. The van der Waals surface area contributed by atoms with Crippen LogP contribution in [0.2, 0.25) is 5.02 Å². The lowest BCUT2D eigenvalue weighted by Crippen LogP contribution is -2.30. The van der Waals surface area contributed by atoms with Crippen molar-refractivity contribution >= 4 is 35.0 Å². The lowest BCUT2D eigenvalue weighted by molar-refractivity contribution is -0.118. The summed E-state index contributed by atoms with van der Waals surface area (Å²) in [7, 11) is 1.89. The first kappa shape index (κ1) is 13.8. The molecule has 100 valence electrons. The van der Waals surface area contributed by atoms with Crippen LogP contribution in [0.1, 0.15) is 0 Å². The molecule has 2 aromatic rings. The van der Waals surface area contributed by atoms with Crippen LogP contribution in [0.5, 0.6) is 0 Å². The van der Waals surface area contributed by atoms with Gasteiger partial charge in [-0.05, 0) is 18.2 Å². The van der Waals surface area contributed by atoms with E-state index in [-0.39, 0.29) is 5.91 Å². The number of aryl methyl sites for hydroxylation is 1. The summed E-state index contributed by atoms with van der Waals surface area (Å²) in [4.78, 5) is 15.8. The fraction of sp³-hybridized carbons (Fsp3) is 0.167. The molecule has 0 spiro atoms. The van der Waals surface area contributed by atoms with E-state index in [1.165, 1.54) is 11.8 Å². The molecule has 7 heteroatoms. The second kappa shape index (κ2) is 6.49. The molecule has 0 radical (unpaired) electrons. The normalized spacial score (nSPS) is 10.2. The maximum absolute atomic E-state index is 11.6. The van der Waals surface area contributed by atoms with E-state index in [9.17, 15) is 4.79 Å². The Balaban J connectivity index is 1.77. The number of benzene rings is 1. The molecule has 0 unspecified atom stereocenters. The largest absolute Gasteiger partial charge is 0.329 e. The van der Waals surface area contributed by atoms with Gasteiger partial charge in [0.15, 0.2) is 5.16 Å². The molecule has 1 heterocycles. The fourth-order valence-electron chi connectivity index (χ4n) is 1.37. The predicted molar refractivity (Wildman–Crippen MR) is 77.1 cm³/mol. The van der Waals surface area contributed by atoms with E-state index in [4.69, 9.17) is 11.6 Å². The zero-order chi connectivity index (χ0) is 13.7. The van der Waals surface area contributed by atoms with E-state index in [1.807, 2.05) is 23.9 Å². The van der Waals surface area contributed by atoms with Gasteiger partial charge in [-0.2, -0.15) is 0 Å². The number of nitrogens with zero attached hydrogens (tertiary/aromatic N) is 2. The highest BCUT2D eigenvalue weighted by Gasteiger charge is 2.05.